The molecule has 1 heterocycles. The lowest BCUT2D eigenvalue weighted by Gasteiger charge is -2.34. The Balaban J connectivity index is 2.46. The molecule has 112 valence electrons. The second-order valence-corrected chi connectivity index (χ2v) is 6.84. The molecular weight excluding hydrogens is 286 g/mol. The Kier molecular flexibility index (Phi) is 4.29. The molecule has 1 fully saturated rings. The minimum absolute atomic E-state index is 0.139. The molecule has 2 rings (SSSR count). The number of hydrogen-bond acceptors (Lipinski definition) is 3. The van der Waals surface area contributed by atoms with Crippen molar-refractivity contribution < 1.29 is 17.2 Å². The monoisotopic (exact) mass is 304 g/mol. The molecule has 2 N–H and O–H groups in total. The summed E-state index contributed by atoms with van der Waals surface area (Å²) in [6.07, 6.45) is 3.12. The van der Waals surface area contributed by atoms with E-state index in [4.69, 9.17) is 5.73 Å². The van der Waals surface area contributed by atoms with Gasteiger partial charge in [-0.2, -0.15) is 4.31 Å². The van der Waals surface area contributed by atoms with Crippen LogP contribution >= 0.6 is 0 Å². The zero-order valence-electron chi connectivity index (χ0n) is 11.3. The van der Waals surface area contributed by atoms with Gasteiger partial charge in [-0.1, -0.05) is 13.3 Å². The van der Waals surface area contributed by atoms with Crippen molar-refractivity contribution in [1.82, 2.24) is 4.31 Å². The Morgan fingerprint density at radius 3 is 2.65 bits per heavy atom. The van der Waals surface area contributed by atoms with Crippen LogP contribution in [-0.2, 0) is 10.0 Å². The van der Waals surface area contributed by atoms with E-state index in [1.165, 1.54) is 4.31 Å². The third-order valence-corrected chi connectivity index (χ3v) is 5.65. The van der Waals surface area contributed by atoms with Crippen LogP contribution in [-0.4, -0.2) is 25.3 Å². The molecule has 0 aliphatic carbocycles. The summed E-state index contributed by atoms with van der Waals surface area (Å²) in [5.41, 5.74) is 4.99. The summed E-state index contributed by atoms with van der Waals surface area (Å²) in [4.78, 5) is -0.545. The molecule has 0 spiro atoms. The van der Waals surface area contributed by atoms with E-state index < -0.39 is 26.6 Å². The predicted molar refractivity (Wildman–Crippen MR) is 72.6 cm³/mol. The first-order chi connectivity index (χ1) is 9.37. The van der Waals surface area contributed by atoms with Crippen molar-refractivity contribution >= 4 is 15.7 Å². The van der Waals surface area contributed by atoms with Crippen LogP contribution in [0.4, 0.5) is 14.5 Å². The average Bonchev–Trinajstić information content (AvgIpc) is 2.42. The second kappa shape index (κ2) is 5.65. The van der Waals surface area contributed by atoms with Crippen molar-refractivity contribution in [2.24, 2.45) is 0 Å². The van der Waals surface area contributed by atoms with Gasteiger partial charge in [0.25, 0.3) is 0 Å². The van der Waals surface area contributed by atoms with E-state index >= 15 is 0 Å². The summed E-state index contributed by atoms with van der Waals surface area (Å²) in [7, 11) is -3.98. The third-order valence-electron chi connectivity index (χ3n) is 3.68. The molecule has 7 heteroatoms. The van der Waals surface area contributed by atoms with Gasteiger partial charge in [-0.05, 0) is 25.3 Å². The van der Waals surface area contributed by atoms with E-state index in [1.54, 1.807) is 0 Å². The number of sulfonamides is 1. The summed E-state index contributed by atoms with van der Waals surface area (Å²) in [6, 6.07) is 1.24. The van der Waals surface area contributed by atoms with E-state index in [0.717, 1.165) is 25.3 Å². The predicted octanol–water partition coefficient (Wildman–Crippen LogP) is 2.50. The number of nitrogen functional groups attached to an aromatic ring is 1. The van der Waals surface area contributed by atoms with Crippen LogP contribution < -0.4 is 5.73 Å². The first-order valence-corrected chi connectivity index (χ1v) is 8.08. The number of rotatable bonds is 3. The van der Waals surface area contributed by atoms with Crippen LogP contribution in [0.25, 0.3) is 0 Å². The van der Waals surface area contributed by atoms with Crippen LogP contribution in [0.5, 0.6) is 0 Å². The van der Waals surface area contributed by atoms with Gasteiger partial charge in [-0.25, -0.2) is 17.2 Å². The zero-order valence-corrected chi connectivity index (χ0v) is 12.1. The lowest BCUT2D eigenvalue weighted by Crippen LogP contribution is -2.43. The normalized spacial score (nSPS) is 21.1. The Morgan fingerprint density at radius 2 is 2.00 bits per heavy atom. The van der Waals surface area contributed by atoms with E-state index in [2.05, 4.69) is 0 Å². The largest absolute Gasteiger partial charge is 0.396 e. The molecule has 0 amide bonds. The van der Waals surface area contributed by atoms with Gasteiger partial charge in [0, 0.05) is 18.7 Å². The summed E-state index contributed by atoms with van der Waals surface area (Å²) in [5.74, 6) is -2.05. The maximum Gasteiger partial charge on any atom is 0.246 e. The average molecular weight is 304 g/mol. The van der Waals surface area contributed by atoms with E-state index in [9.17, 15) is 17.2 Å². The van der Waals surface area contributed by atoms with Crippen molar-refractivity contribution in [3.63, 3.8) is 0 Å². The number of benzene rings is 1. The highest BCUT2D eigenvalue weighted by molar-refractivity contribution is 7.89. The van der Waals surface area contributed by atoms with Gasteiger partial charge in [0.1, 0.15) is 16.5 Å². The number of nitrogens with two attached hydrogens (primary N) is 1. The van der Waals surface area contributed by atoms with Gasteiger partial charge in [-0.3, -0.25) is 0 Å². The van der Waals surface area contributed by atoms with Gasteiger partial charge >= 0.3 is 0 Å². The minimum Gasteiger partial charge on any atom is -0.396 e. The Hall–Kier alpha value is -1.21. The quantitative estimate of drug-likeness (QED) is 0.873. The number of halogens is 2. The summed E-state index contributed by atoms with van der Waals surface area (Å²) in [6.45, 7) is 2.26. The number of piperidine rings is 1. The fourth-order valence-corrected chi connectivity index (χ4v) is 4.42. The Morgan fingerprint density at radius 1 is 1.30 bits per heavy atom. The number of hydrogen-bond donors (Lipinski definition) is 1. The molecule has 0 radical (unpaired) electrons. The molecule has 0 aromatic heterocycles. The molecule has 1 aromatic carbocycles. The summed E-state index contributed by atoms with van der Waals surface area (Å²) in [5, 5.41) is 0. The van der Waals surface area contributed by atoms with Crippen molar-refractivity contribution in [2.75, 3.05) is 12.3 Å². The number of anilines is 1. The van der Waals surface area contributed by atoms with Crippen molar-refractivity contribution in [1.29, 1.82) is 0 Å². The van der Waals surface area contributed by atoms with Gasteiger partial charge in [0.15, 0.2) is 0 Å². The molecule has 1 atom stereocenters. The molecule has 1 aliphatic heterocycles. The van der Waals surface area contributed by atoms with Crippen LogP contribution in [0.2, 0.25) is 0 Å². The fraction of sp³-hybridized carbons (Fsp3) is 0.538. The molecule has 1 aromatic rings. The van der Waals surface area contributed by atoms with Crippen LogP contribution in [0, 0.1) is 11.6 Å². The SMILES string of the molecule is CCC1CCCCN1S(=O)(=O)c1cc(N)c(F)cc1F. The van der Waals surface area contributed by atoms with Crippen LogP contribution in [0.15, 0.2) is 17.0 Å². The van der Waals surface area contributed by atoms with Crippen molar-refractivity contribution in [2.45, 2.75) is 43.5 Å². The summed E-state index contributed by atoms with van der Waals surface area (Å²) >= 11 is 0. The highest BCUT2D eigenvalue weighted by Crippen LogP contribution is 2.29. The van der Waals surface area contributed by atoms with E-state index in [-0.39, 0.29) is 11.7 Å². The Bertz CT molecular complexity index is 605. The van der Waals surface area contributed by atoms with Gasteiger partial charge < -0.3 is 5.73 Å². The van der Waals surface area contributed by atoms with Crippen molar-refractivity contribution in [3.8, 4) is 0 Å². The third kappa shape index (κ3) is 2.64. The topological polar surface area (TPSA) is 63.4 Å². The first-order valence-electron chi connectivity index (χ1n) is 6.64. The molecule has 1 unspecified atom stereocenters. The molecule has 1 saturated heterocycles. The molecule has 0 saturated carbocycles. The standard InChI is InChI=1S/C13H18F2N2O2S/c1-2-9-5-3-4-6-17(9)20(18,19)13-8-12(16)10(14)7-11(13)15/h7-9H,2-6,16H2,1H3. The minimum atomic E-state index is -3.98. The van der Waals surface area contributed by atoms with E-state index in [0.29, 0.717) is 19.0 Å². The second-order valence-electron chi connectivity index (χ2n) is 4.98. The summed E-state index contributed by atoms with van der Waals surface area (Å²) < 4.78 is 53.4. The zero-order chi connectivity index (χ0) is 14.9. The molecular formula is C13H18F2N2O2S. The molecule has 1 aliphatic rings. The number of nitrogens with zero attached hydrogens (tertiary/aromatic N) is 1. The van der Waals surface area contributed by atoms with Crippen molar-refractivity contribution in [3.05, 3.63) is 23.8 Å². The van der Waals surface area contributed by atoms with Gasteiger partial charge in [0.2, 0.25) is 10.0 Å². The van der Waals surface area contributed by atoms with E-state index in [1.807, 2.05) is 6.92 Å². The van der Waals surface area contributed by atoms with Crippen LogP contribution in [0.3, 0.4) is 0 Å². The van der Waals surface area contributed by atoms with Gasteiger partial charge in [-0.15, -0.1) is 0 Å². The maximum atomic E-state index is 13.8. The highest BCUT2D eigenvalue weighted by Gasteiger charge is 2.34. The smallest absolute Gasteiger partial charge is 0.246 e. The Labute approximate surface area is 117 Å². The lowest BCUT2D eigenvalue weighted by molar-refractivity contribution is 0.246. The fourth-order valence-electron chi connectivity index (χ4n) is 2.57. The first kappa shape index (κ1) is 15.2. The molecule has 0 bridgehead atoms. The highest BCUT2D eigenvalue weighted by atomic mass is 32.2. The molecule has 20 heavy (non-hydrogen) atoms. The maximum absolute atomic E-state index is 13.8. The van der Waals surface area contributed by atoms with Crippen LogP contribution in [0.1, 0.15) is 32.6 Å². The lowest BCUT2D eigenvalue weighted by atomic mass is 10.0. The van der Waals surface area contributed by atoms with Gasteiger partial charge in [0.05, 0.1) is 5.69 Å². The molecule has 4 nitrogen and oxygen atoms in total.